The Bertz CT molecular complexity index is 924. The van der Waals surface area contributed by atoms with E-state index in [0.717, 1.165) is 5.69 Å². The zero-order chi connectivity index (χ0) is 23.9. The smallest absolute Gasteiger partial charge is 0.303 e. The number of carbonyl (C=O) groups is 2. The number of nitrogens with two attached hydrogens (primary N) is 2. The van der Waals surface area contributed by atoms with Crippen LogP contribution in [0.1, 0.15) is 83.2 Å². The van der Waals surface area contributed by atoms with Crippen molar-refractivity contribution < 1.29 is 24.2 Å². The Labute approximate surface area is 194 Å². The first-order chi connectivity index (χ1) is 15.3. The first kappa shape index (κ1) is 26.0. The number of carboxylic acid groups (broad SMARTS) is 1. The number of aliphatic hydroxyl groups is 1. The molecule has 32 heavy (non-hydrogen) atoms. The summed E-state index contributed by atoms with van der Waals surface area (Å²) in [5, 5.41) is 23.2. The summed E-state index contributed by atoms with van der Waals surface area (Å²) >= 11 is 3.03. The van der Waals surface area contributed by atoms with E-state index in [1.165, 1.54) is 66.8 Å². The Balaban J connectivity index is 0.000000215. The van der Waals surface area contributed by atoms with Crippen molar-refractivity contribution in [2.24, 2.45) is 5.14 Å². The molecule has 0 aliphatic heterocycles. The second-order valence-corrected chi connectivity index (χ2v) is 8.29. The van der Waals surface area contributed by atoms with Gasteiger partial charge >= 0.3 is 5.97 Å². The fraction of sp³-hybridized carbons (Fsp3) is 0.500. The number of aryl methyl sites for hydroxylation is 3. The first-order valence-electron chi connectivity index (χ1n) is 11.0. The van der Waals surface area contributed by atoms with Gasteiger partial charge in [0.25, 0.3) is 0 Å². The molecule has 2 aromatic rings. The number of benzene rings is 1. The predicted molar refractivity (Wildman–Crippen MR) is 128 cm³/mol. The van der Waals surface area contributed by atoms with Gasteiger partial charge in [-0.3, -0.25) is 14.7 Å². The van der Waals surface area contributed by atoms with E-state index in [-0.39, 0.29) is 18.6 Å². The highest BCUT2D eigenvalue weighted by molar-refractivity contribution is 7.77. The first-order valence-corrected chi connectivity index (χ1v) is 11.5. The van der Waals surface area contributed by atoms with Crippen molar-refractivity contribution >= 4 is 30.8 Å². The minimum Gasteiger partial charge on any atom is -0.481 e. The minimum absolute atomic E-state index is 0.0947. The van der Waals surface area contributed by atoms with Gasteiger partial charge in [-0.05, 0) is 86.6 Å². The molecular formula is C24H34N2O5S. The topological polar surface area (TPSA) is 140 Å². The van der Waals surface area contributed by atoms with E-state index < -0.39 is 11.6 Å². The number of fused-ring (bicyclic) bond motifs is 2. The number of hydrogen-bond acceptors (Lipinski definition) is 7. The van der Waals surface area contributed by atoms with Crippen molar-refractivity contribution in [3.63, 3.8) is 0 Å². The van der Waals surface area contributed by atoms with Gasteiger partial charge in [-0.15, -0.1) is 12.8 Å². The third-order valence-corrected chi connectivity index (χ3v) is 6.41. The van der Waals surface area contributed by atoms with Crippen molar-refractivity contribution in [1.29, 1.82) is 0 Å². The van der Waals surface area contributed by atoms with Crippen molar-refractivity contribution in [2.75, 3.05) is 5.73 Å². The summed E-state index contributed by atoms with van der Waals surface area (Å²) in [5.41, 5.74) is 12.6. The summed E-state index contributed by atoms with van der Waals surface area (Å²) in [6.07, 6.45) is 8.44. The molecule has 1 aromatic heterocycles. The van der Waals surface area contributed by atoms with Crippen LogP contribution in [0.2, 0.25) is 0 Å². The lowest BCUT2D eigenvalue weighted by Crippen LogP contribution is -2.26. The summed E-state index contributed by atoms with van der Waals surface area (Å²) in [5.74, 6) is -0.379. The number of carbonyl (C=O) groups excluding carboxylic acids is 1. The number of furan rings is 1. The molecule has 0 saturated heterocycles. The average molecular weight is 463 g/mol. The van der Waals surface area contributed by atoms with Crippen LogP contribution in [0.5, 0.6) is 0 Å². The van der Waals surface area contributed by atoms with Gasteiger partial charge in [-0.2, -0.15) is 0 Å². The number of rotatable bonds is 6. The summed E-state index contributed by atoms with van der Waals surface area (Å²) in [6, 6.07) is 3.88. The molecule has 1 aromatic carbocycles. The third-order valence-electron chi connectivity index (χ3n) is 6.41. The van der Waals surface area contributed by atoms with Gasteiger partial charge in [0.1, 0.15) is 5.76 Å². The van der Waals surface area contributed by atoms with E-state index in [4.69, 9.17) is 15.3 Å². The normalized spacial score (nSPS) is 15.4. The van der Waals surface area contributed by atoms with Crippen LogP contribution in [0.4, 0.5) is 5.69 Å². The molecule has 2 aliphatic rings. The van der Waals surface area contributed by atoms with Gasteiger partial charge in [0.15, 0.2) is 12.0 Å². The van der Waals surface area contributed by atoms with Crippen LogP contribution in [-0.2, 0) is 36.1 Å². The molecule has 1 heterocycles. The Morgan fingerprint density at radius 1 is 1.16 bits per heavy atom. The van der Waals surface area contributed by atoms with Gasteiger partial charge in [-0.25, -0.2) is 0 Å². The van der Waals surface area contributed by atoms with Crippen LogP contribution >= 0.6 is 12.8 Å². The molecule has 4 rings (SSSR count). The summed E-state index contributed by atoms with van der Waals surface area (Å²) < 4.78 is 5.14. The number of nitrogen functional groups attached to an aromatic ring is 1. The largest absolute Gasteiger partial charge is 0.481 e. The van der Waals surface area contributed by atoms with E-state index in [1.54, 1.807) is 13.8 Å². The second kappa shape index (κ2) is 11.5. The maximum Gasteiger partial charge on any atom is 0.303 e. The van der Waals surface area contributed by atoms with Gasteiger partial charge in [0, 0.05) is 17.7 Å². The number of carboxylic acids is 1. The molecule has 1 atom stereocenters. The van der Waals surface area contributed by atoms with E-state index in [0.29, 0.717) is 24.0 Å². The molecule has 8 heteroatoms. The lowest BCUT2D eigenvalue weighted by atomic mass is 9.87. The fourth-order valence-corrected chi connectivity index (χ4v) is 4.70. The Kier molecular flexibility index (Phi) is 9.36. The molecule has 7 nitrogen and oxygen atoms in total. The van der Waals surface area contributed by atoms with Gasteiger partial charge < -0.3 is 20.4 Å². The molecule has 0 fully saturated rings. The Hall–Kier alpha value is -2.29. The highest BCUT2D eigenvalue weighted by atomic mass is 32.1. The quantitative estimate of drug-likeness (QED) is 0.249. The number of aliphatic carboxylic acids is 1. The standard InChI is InChI=1S/C12H15N.C12H16O5.H3NS/c13-12-10-5-1-3-8(10)7-9-4-2-6-11(9)12;1-3-12(16,5-4-11(14)15)10-6-9(7-13)17-8(10)2;1-2/h7H,1-6,13H2;6-7,16H,3-5H2,1-2H3,(H,14,15);2H,1H2. The third kappa shape index (κ3) is 5.74. The summed E-state index contributed by atoms with van der Waals surface area (Å²) in [7, 11) is 0. The maximum absolute atomic E-state index is 10.6. The van der Waals surface area contributed by atoms with Crippen molar-refractivity contribution in [1.82, 2.24) is 0 Å². The zero-order valence-electron chi connectivity index (χ0n) is 18.8. The molecule has 176 valence electrons. The van der Waals surface area contributed by atoms with Crippen LogP contribution in [0.25, 0.3) is 0 Å². The molecule has 6 N–H and O–H groups in total. The highest BCUT2D eigenvalue weighted by Gasteiger charge is 2.32. The number of anilines is 1. The molecule has 1 unspecified atom stereocenters. The van der Waals surface area contributed by atoms with E-state index >= 15 is 0 Å². The monoisotopic (exact) mass is 462 g/mol. The van der Waals surface area contributed by atoms with Crippen LogP contribution in [0.15, 0.2) is 16.5 Å². The fourth-order valence-electron chi connectivity index (χ4n) is 4.70. The van der Waals surface area contributed by atoms with E-state index in [2.05, 4.69) is 24.0 Å². The lowest BCUT2D eigenvalue weighted by molar-refractivity contribution is -0.138. The van der Waals surface area contributed by atoms with Crippen LogP contribution in [-0.4, -0.2) is 22.5 Å². The van der Waals surface area contributed by atoms with Crippen LogP contribution < -0.4 is 10.9 Å². The number of hydrogen-bond donors (Lipinski definition) is 5. The lowest BCUT2D eigenvalue weighted by Gasteiger charge is -2.25. The van der Waals surface area contributed by atoms with Gasteiger partial charge in [0.2, 0.25) is 0 Å². The Morgan fingerprint density at radius 2 is 1.72 bits per heavy atom. The van der Waals surface area contributed by atoms with Crippen LogP contribution in [0.3, 0.4) is 0 Å². The molecule has 0 bridgehead atoms. The molecule has 0 amide bonds. The SMILES string of the molecule is CCC(O)(CCC(=O)O)c1cc(C=O)oc1C.NS.Nc1c2c(cc3c1CCC3)CCC2. The van der Waals surface area contributed by atoms with E-state index in [9.17, 15) is 14.7 Å². The van der Waals surface area contributed by atoms with Crippen LogP contribution in [0, 0.1) is 6.92 Å². The molecule has 2 aliphatic carbocycles. The van der Waals surface area contributed by atoms with E-state index in [1.807, 2.05) is 0 Å². The second-order valence-electron chi connectivity index (χ2n) is 8.29. The highest BCUT2D eigenvalue weighted by Crippen LogP contribution is 2.36. The van der Waals surface area contributed by atoms with Crippen molar-refractivity contribution in [2.45, 2.75) is 77.2 Å². The van der Waals surface area contributed by atoms with Gasteiger partial charge in [-0.1, -0.05) is 13.0 Å². The molecular weight excluding hydrogens is 428 g/mol. The number of aldehydes is 1. The molecule has 0 radical (unpaired) electrons. The minimum atomic E-state index is -1.26. The van der Waals surface area contributed by atoms with Crippen molar-refractivity contribution in [3.05, 3.63) is 51.5 Å². The zero-order valence-corrected chi connectivity index (χ0v) is 19.7. The summed E-state index contributed by atoms with van der Waals surface area (Å²) in [4.78, 5) is 21.1. The molecule has 0 spiro atoms. The average Bonchev–Trinajstić information content (AvgIpc) is 3.54. The molecule has 0 saturated carbocycles. The summed E-state index contributed by atoms with van der Waals surface area (Å²) in [6.45, 7) is 3.40. The number of thiol groups is 1. The Morgan fingerprint density at radius 3 is 2.16 bits per heavy atom. The maximum atomic E-state index is 10.6. The van der Waals surface area contributed by atoms with Gasteiger partial charge in [0.05, 0.1) is 5.60 Å². The predicted octanol–water partition coefficient (Wildman–Crippen LogP) is 3.90. The van der Waals surface area contributed by atoms with Crippen molar-refractivity contribution in [3.8, 4) is 0 Å².